The topological polar surface area (TPSA) is 46.6 Å². The SMILES string of the molecule is CC(=O)/C=C/CCC(=O)N1CCOCC1. The summed E-state index contributed by atoms with van der Waals surface area (Å²) in [5, 5.41) is 0. The molecule has 0 spiro atoms. The molecule has 4 heteroatoms. The molecule has 0 aromatic carbocycles. The van der Waals surface area contributed by atoms with Gasteiger partial charge in [-0.1, -0.05) is 6.08 Å². The van der Waals surface area contributed by atoms with E-state index in [1.807, 2.05) is 4.90 Å². The fraction of sp³-hybridized carbons (Fsp3) is 0.636. The highest BCUT2D eigenvalue weighted by Gasteiger charge is 2.15. The number of hydrogen-bond donors (Lipinski definition) is 0. The third kappa shape index (κ3) is 4.74. The summed E-state index contributed by atoms with van der Waals surface area (Å²) >= 11 is 0. The van der Waals surface area contributed by atoms with E-state index in [2.05, 4.69) is 0 Å². The summed E-state index contributed by atoms with van der Waals surface area (Å²) in [6.45, 7) is 4.15. The van der Waals surface area contributed by atoms with Gasteiger partial charge >= 0.3 is 0 Å². The average molecular weight is 211 g/mol. The van der Waals surface area contributed by atoms with Crippen LogP contribution in [-0.4, -0.2) is 42.9 Å². The van der Waals surface area contributed by atoms with E-state index in [1.54, 1.807) is 6.08 Å². The first-order valence-corrected chi connectivity index (χ1v) is 5.23. The molecule has 1 amide bonds. The molecule has 4 nitrogen and oxygen atoms in total. The number of ether oxygens (including phenoxy) is 1. The Balaban J connectivity index is 2.20. The van der Waals surface area contributed by atoms with Crippen molar-refractivity contribution >= 4 is 11.7 Å². The Hall–Kier alpha value is -1.16. The summed E-state index contributed by atoms with van der Waals surface area (Å²) in [5.74, 6) is 0.167. The molecule has 0 bridgehead atoms. The van der Waals surface area contributed by atoms with Crippen molar-refractivity contribution in [2.75, 3.05) is 26.3 Å². The van der Waals surface area contributed by atoms with Crippen LogP contribution < -0.4 is 0 Å². The molecule has 1 saturated heterocycles. The van der Waals surface area contributed by atoms with Crippen molar-refractivity contribution in [2.45, 2.75) is 19.8 Å². The molecule has 0 saturated carbocycles. The second kappa shape index (κ2) is 6.35. The van der Waals surface area contributed by atoms with Gasteiger partial charge in [-0.05, 0) is 19.4 Å². The second-order valence-electron chi connectivity index (χ2n) is 3.54. The minimum atomic E-state index is 0.0221. The quantitative estimate of drug-likeness (QED) is 0.645. The Morgan fingerprint density at radius 1 is 1.33 bits per heavy atom. The normalized spacial score (nSPS) is 17.0. The zero-order chi connectivity index (χ0) is 11.1. The largest absolute Gasteiger partial charge is 0.378 e. The van der Waals surface area contributed by atoms with Gasteiger partial charge in [-0.3, -0.25) is 9.59 Å². The molecule has 0 N–H and O–H groups in total. The van der Waals surface area contributed by atoms with Gasteiger partial charge in [-0.25, -0.2) is 0 Å². The third-order valence-electron chi connectivity index (χ3n) is 2.24. The van der Waals surface area contributed by atoms with E-state index in [0.717, 1.165) is 0 Å². The molecule has 1 rings (SSSR count). The van der Waals surface area contributed by atoms with Crippen LogP contribution in [0.1, 0.15) is 19.8 Å². The standard InChI is InChI=1S/C11H17NO3/c1-10(13)4-2-3-5-11(14)12-6-8-15-9-7-12/h2,4H,3,5-9H2,1H3/b4-2+. The van der Waals surface area contributed by atoms with Crippen LogP contribution in [0.2, 0.25) is 0 Å². The highest BCUT2D eigenvalue weighted by atomic mass is 16.5. The van der Waals surface area contributed by atoms with Gasteiger partial charge in [0.05, 0.1) is 13.2 Å². The zero-order valence-corrected chi connectivity index (χ0v) is 9.07. The van der Waals surface area contributed by atoms with Gasteiger partial charge in [0, 0.05) is 19.5 Å². The van der Waals surface area contributed by atoms with Crippen LogP contribution in [0.4, 0.5) is 0 Å². The summed E-state index contributed by atoms with van der Waals surface area (Å²) < 4.78 is 5.15. The number of hydrogen-bond acceptors (Lipinski definition) is 3. The van der Waals surface area contributed by atoms with Crippen molar-refractivity contribution < 1.29 is 14.3 Å². The number of rotatable bonds is 4. The fourth-order valence-electron chi connectivity index (χ4n) is 1.43. The number of carbonyl (C=O) groups is 2. The Bertz CT molecular complexity index is 255. The number of carbonyl (C=O) groups excluding carboxylic acids is 2. The minimum Gasteiger partial charge on any atom is -0.378 e. The van der Waals surface area contributed by atoms with Gasteiger partial charge in [-0.2, -0.15) is 0 Å². The summed E-state index contributed by atoms with van der Waals surface area (Å²) in [7, 11) is 0. The van der Waals surface area contributed by atoms with Crippen molar-refractivity contribution in [3.05, 3.63) is 12.2 Å². The smallest absolute Gasteiger partial charge is 0.223 e. The molecule has 0 unspecified atom stereocenters. The van der Waals surface area contributed by atoms with Crippen molar-refractivity contribution in [3.8, 4) is 0 Å². The number of allylic oxidation sites excluding steroid dienone is 2. The number of amides is 1. The lowest BCUT2D eigenvalue weighted by atomic mass is 10.2. The van der Waals surface area contributed by atoms with Crippen LogP contribution >= 0.6 is 0 Å². The van der Waals surface area contributed by atoms with E-state index >= 15 is 0 Å². The van der Waals surface area contributed by atoms with Crippen molar-refractivity contribution in [1.82, 2.24) is 4.90 Å². The maximum absolute atomic E-state index is 11.6. The zero-order valence-electron chi connectivity index (χ0n) is 9.07. The number of nitrogens with zero attached hydrogens (tertiary/aromatic N) is 1. The van der Waals surface area contributed by atoms with Crippen LogP contribution in [-0.2, 0) is 14.3 Å². The van der Waals surface area contributed by atoms with Crippen molar-refractivity contribution in [3.63, 3.8) is 0 Å². The Labute approximate surface area is 89.9 Å². The number of ketones is 1. The molecule has 1 aliphatic rings. The monoisotopic (exact) mass is 211 g/mol. The molecule has 0 aliphatic carbocycles. The van der Waals surface area contributed by atoms with Crippen molar-refractivity contribution in [2.24, 2.45) is 0 Å². The van der Waals surface area contributed by atoms with E-state index in [0.29, 0.717) is 39.1 Å². The average Bonchev–Trinajstić information content (AvgIpc) is 2.25. The van der Waals surface area contributed by atoms with E-state index < -0.39 is 0 Å². The maximum Gasteiger partial charge on any atom is 0.223 e. The second-order valence-corrected chi connectivity index (χ2v) is 3.54. The molecule has 15 heavy (non-hydrogen) atoms. The van der Waals surface area contributed by atoms with Crippen LogP contribution in [0.15, 0.2) is 12.2 Å². The molecule has 0 aromatic rings. The van der Waals surface area contributed by atoms with Crippen molar-refractivity contribution in [1.29, 1.82) is 0 Å². The van der Waals surface area contributed by atoms with Gasteiger partial charge in [0.15, 0.2) is 5.78 Å². The fourth-order valence-corrected chi connectivity index (χ4v) is 1.43. The van der Waals surface area contributed by atoms with E-state index in [9.17, 15) is 9.59 Å². The van der Waals surface area contributed by atoms with Gasteiger partial charge in [0.25, 0.3) is 0 Å². The predicted molar refractivity (Wildman–Crippen MR) is 56.5 cm³/mol. The molecule has 0 atom stereocenters. The van der Waals surface area contributed by atoms with Gasteiger partial charge in [0.2, 0.25) is 5.91 Å². The Morgan fingerprint density at radius 2 is 2.00 bits per heavy atom. The first kappa shape index (κ1) is 11.9. The van der Waals surface area contributed by atoms with Gasteiger partial charge in [0.1, 0.15) is 0 Å². The predicted octanol–water partition coefficient (Wildman–Crippen LogP) is 0.771. The molecule has 1 fully saturated rings. The van der Waals surface area contributed by atoms with Gasteiger partial charge in [-0.15, -0.1) is 0 Å². The van der Waals surface area contributed by atoms with Crippen LogP contribution in [0, 0.1) is 0 Å². The molecule has 0 aromatic heterocycles. The van der Waals surface area contributed by atoms with Crippen LogP contribution in [0.5, 0.6) is 0 Å². The third-order valence-corrected chi connectivity index (χ3v) is 2.24. The first-order valence-electron chi connectivity index (χ1n) is 5.23. The van der Waals surface area contributed by atoms with E-state index in [-0.39, 0.29) is 11.7 Å². The number of morpholine rings is 1. The summed E-state index contributed by atoms with van der Waals surface area (Å²) in [6, 6.07) is 0. The molecule has 0 radical (unpaired) electrons. The summed E-state index contributed by atoms with van der Waals surface area (Å²) in [4.78, 5) is 24.0. The van der Waals surface area contributed by atoms with Crippen LogP contribution in [0.25, 0.3) is 0 Å². The Morgan fingerprint density at radius 3 is 2.60 bits per heavy atom. The molecular formula is C11H17NO3. The highest BCUT2D eigenvalue weighted by molar-refractivity contribution is 5.87. The lowest BCUT2D eigenvalue weighted by Crippen LogP contribution is -2.40. The molecular weight excluding hydrogens is 194 g/mol. The molecule has 1 heterocycles. The highest BCUT2D eigenvalue weighted by Crippen LogP contribution is 2.02. The van der Waals surface area contributed by atoms with Crippen LogP contribution in [0.3, 0.4) is 0 Å². The maximum atomic E-state index is 11.6. The minimum absolute atomic E-state index is 0.0221. The summed E-state index contributed by atoms with van der Waals surface area (Å²) in [5.41, 5.74) is 0. The summed E-state index contributed by atoms with van der Waals surface area (Å²) in [6.07, 6.45) is 4.37. The molecule has 84 valence electrons. The first-order chi connectivity index (χ1) is 7.20. The van der Waals surface area contributed by atoms with Gasteiger partial charge < -0.3 is 9.64 Å². The van der Waals surface area contributed by atoms with E-state index in [1.165, 1.54) is 13.0 Å². The van der Waals surface area contributed by atoms with E-state index in [4.69, 9.17) is 4.74 Å². The Kier molecular flexibility index (Phi) is 5.04. The molecule has 1 aliphatic heterocycles. The lowest BCUT2D eigenvalue weighted by molar-refractivity contribution is -0.135. The lowest BCUT2D eigenvalue weighted by Gasteiger charge is -2.26.